The summed E-state index contributed by atoms with van der Waals surface area (Å²) in [6, 6.07) is 6.11. The molecule has 0 saturated carbocycles. The largest absolute Gasteiger partial charge is 0.450 e. The van der Waals surface area contributed by atoms with Crippen LogP contribution < -0.4 is 9.64 Å². The number of rotatable bonds is 6. The van der Waals surface area contributed by atoms with Crippen LogP contribution in [0.3, 0.4) is 0 Å². The number of ether oxygens (including phenoxy) is 1. The molecule has 2 atom stereocenters. The Balaban J connectivity index is 1.54. The van der Waals surface area contributed by atoms with E-state index in [1.165, 1.54) is 6.26 Å². The van der Waals surface area contributed by atoms with Crippen LogP contribution in [0.25, 0.3) is 0 Å². The predicted molar refractivity (Wildman–Crippen MR) is 99.8 cm³/mol. The molecule has 4 rings (SSSR count). The first-order chi connectivity index (χ1) is 13.0. The smallest absolute Gasteiger partial charge is 0.393 e. The minimum Gasteiger partial charge on any atom is -0.450 e. The third kappa shape index (κ3) is 3.39. The summed E-state index contributed by atoms with van der Waals surface area (Å²) >= 11 is 0. The summed E-state index contributed by atoms with van der Waals surface area (Å²) in [5.41, 5.74) is 3.00. The molecule has 2 heterocycles. The fraction of sp³-hybridized carbons (Fsp3) is 0.500. The monoisotopic (exact) mass is 371 g/mol. The first-order valence-electron chi connectivity index (χ1n) is 9.47. The number of carbonyl (C=O) groups excluding carboxylic acids is 1. The molecule has 1 aromatic carbocycles. The van der Waals surface area contributed by atoms with Gasteiger partial charge in [0, 0.05) is 24.7 Å². The Morgan fingerprint density at radius 1 is 1.41 bits per heavy atom. The van der Waals surface area contributed by atoms with E-state index in [1.54, 1.807) is 6.20 Å². The molecule has 1 fully saturated rings. The number of fused-ring (bicyclic) bond motifs is 1. The zero-order valence-electron chi connectivity index (χ0n) is 15.7. The van der Waals surface area contributed by atoms with Crippen LogP contribution in [0, 0.1) is 0 Å². The molecule has 1 saturated heterocycles. The van der Waals surface area contributed by atoms with E-state index in [-0.39, 0.29) is 30.3 Å². The Kier molecular flexibility index (Phi) is 4.78. The van der Waals surface area contributed by atoms with Crippen molar-refractivity contribution in [3.05, 3.63) is 41.8 Å². The lowest BCUT2D eigenvalue weighted by Crippen LogP contribution is -2.37. The number of carbonyl (C=O) groups is 1. The van der Waals surface area contributed by atoms with Crippen molar-refractivity contribution in [3.63, 3.8) is 0 Å². The number of benzene rings is 1. The van der Waals surface area contributed by atoms with Gasteiger partial charge in [0.15, 0.2) is 0 Å². The topological polar surface area (TPSA) is 79.0 Å². The number of urea groups is 1. The number of anilines is 1. The second kappa shape index (κ2) is 7.23. The van der Waals surface area contributed by atoms with Crippen molar-refractivity contribution >= 4 is 11.7 Å². The molecule has 0 spiro atoms. The number of amides is 2. The lowest BCUT2D eigenvalue weighted by atomic mass is 10.1. The van der Waals surface area contributed by atoms with E-state index in [0.717, 1.165) is 29.7 Å². The van der Waals surface area contributed by atoms with Crippen LogP contribution in [0.5, 0.6) is 6.08 Å². The Bertz CT molecular complexity index is 806. The summed E-state index contributed by atoms with van der Waals surface area (Å²) in [6.07, 6.45) is 5.15. The Morgan fingerprint density at radius 3 is 3.00 bits per heavy atom. The van der Waals surface area contributed by atoms with Crippen molar-refractivity contribution in [3.8, 4) is 6.08 Å². The molecule has 2 aromatic rings. The first kappa shape index (κ1) is 17.9. The van der Waals surface area contributed by atoms with Crippen LogP contribution in [0.15, 0.2) is 35.1 Å². The number of aryl methyl sites for hydroxylation is 1. The van der Waals surface area contributed by atoms with Gasteiger partial charge in [-0.15, -0.1) is 0 Å². The van der Waals surface area contributed by atoms with E-state index in [1.807, 2.05) is 35.8 Å². The number of hydrogen-bond acceptors (Lipinski definition) is 5. The molecule has 1 aromatic heterocycles. The van der Waals surface area contributed by atoms with Gasteiger partial charge in [-0.1, -0.05) is 6.07 Å². The maximum absolute atomic E-state index is 13.0. The van der Waals surface area contributed by atoms with Gasteiger partial charge in [-0.25, -0.2) is 4.79 Å². The van der Waals surface area contributed by atoms with Gasteiger partial charge in [0.1, 0.15) is 6.26 Å². The molecule has 1 aliphatic heterocycles. The SMILES string of the molecule is CC(C)N1C[C@H](CCOc2ncco2)N(c2ccc3c(c2)CCC3O)C1=O. The van der Waals surface area contributed by atoms with Gasteiger partial charge in [-0.05, 0) is 49.9 Å². The normalized spacial score (nSPS) is 22.0. The quantitative estimate of drug-likeness (QED) is 0.844. The van der Waals surface area contributed by atoms with Gasteiger partial charge in [0.25, 0.3) is 0 Å². The lowest BCUT2D eigenvalue weighted by Gasteiger charge is -2.24. The summed E-state index contributed by atoms with van der Waals surface area (Å²) in [7, 11) is 0. The third-order valence-electron chi connectivity index (χ3n) is 5.38. The minimum atomic E-state index is -0.388. The molecule has 1 unspecified atom stereocenters. The molecule has 1 aliphatic carbocycles. The number of oxazole rings is 1. The fourth-order valence-corrected chi connectivity index (χ4v) is 3.95. The van der Waals surface area contributed by atoms with Crippen molar-refractivity contribution in [2.75, 3.05) is 18.1 Å². The van der Waals surface area contributed by atoms with Crippen molar-refractivity contribution in [1.29, 1.82) is 0 Å². The van der Waals surface area contributed by atoms with Crippen LogP contribution in [-0.4, -0.2) is 46.3 Å². The maximum atomic E-state index is 13.0. The van der Waals surface area contributed by atoms with Crippen LogP contribution in [0.1, 0.15) is 43.9 Å². The van der Waals surface area contributed by atoms with E-state index in [9.17, 15) is 9.90 Å². The summed E-state index contributed by atoms with van der Waals surface area (Å²) in [4.78, 5) is 20.8. The van der Waals surface area contributed by atoms with E-state index in [4.69, 9.17) is 9.15 Å². The molecule has 0 bridgehead atoms. The Morgan fingerprint density at radius 2 is 2.26 bits per heavy atom. The van der Waals surface area contributed by atoms with Gasteiger partial charge in [-0.3, -0.25) is 4.90 Å². The molecular formula is C20H25N3O4. The lowest BCUT2D eigenvalue weighted by molar-refractivity contribution is 0.180. The predicted octanol–water partition coefficient (Wildman–Crippen LogP) is 3.14. The van der Waals surface area contributed by atoms with Gasteiger partial charge >= 0.3 is 12.1 Å². The standard InChI is InChI=1S/C20H25N3O4/c1-13(2)22-12-16(7-9-26-19-21-8-10-27-19)23(20(22)25)15-4-5-17-14(11-15)3-6-18(17)24/h4-5,8,10-11,13,16,18,24H,3,6-7,9,12H2,1-2H3/t16-,18?/m0/s1. The molecule has 2 aliphatic rings. The van der Waals surface area contributed by atoms with Gasteiger partial charge < -0.3 is 19.2 Å². The molecule has 1 N–H and O–H groups in total. The van der Waals surface area contributed by atoms with E-state index in [2.05, 4.69) is 11.1 Å². The van der Waals surface area contributed by atoms with Crippen LogP contribution in [-0.2, 0) is 6.42 Å². The molecule has 2 amide bonds. The number of aromatic nitrogens is 1. The number of aliphatic hydroxyl groups is 1. The molecule has 27 heavy (non-hydrogen) atoms. The second-order valence-electron chi connectivity index (χ2n) is 7.43. The van der Waals surface area contributed by atoms with Gasteiger partial charge in [0.05, 0.1) is 24.9 Å². The summed E-state index contributed by atoms with van der Waals surface area (Å²) in [5, 5.41) is 10.0. The highest BCUT2D eigenvalue weighted by Crippen LogP contribution is 2.36. The number of aliphatic hydroxyl groups excluding tert-OH is 1. The summed E-state index contributed by atoms with van der Waals surface area (Å²) in [6.45, 7) is 5.14. The highest BCUT2D eigenvalue weighted by Gasteiger charge is 2.39. The van der Waals surface area contributed by atoms with Crippen LogP contribution in [0.4, 0.5) is 10.5 Å². The molecule has 7 heteroatoms. The van der Waals surface area contributed by atoms with E-state index in [0.29, 0.717) is 19.6 Å². The minimum absolute atomic E-state index is 0.0132. The molecular weight excluding hydrogens is 346 g/mol. The number of hydrogen-bond donors (Lipinski definition) is 1. The van der Waals surface area contributed by atoms with Crippen molar-refractivity contribution in [2.45, 2.75) is 51.3 Å². The molecule has 7 nitrogen and oxygen atoms in total. The summed E-state index contributed by atoms with van der Waals surface area (Å²) < 4.78 is 10.6. The highest BCUT2D eigenvalue weighted by atomic mass is 16.6. The van der Waals surface area contributed by atoms with Gasteiger partial charge in [-0.2, -0.15) is 4.98 Å². The highest BCUT2D eigenvalue weighted by molar-refractivity contribution is 5.95. The van der Waals surface area contributed by atoms with E-state index >= 15 is 0 Å². The number of nitrogens with zero attached hydrogens (tertiary/aromatic N) is 3. The Labute approximate surface area is 158 Å². The van der Waals surface area contributed by atoms with Crippen molar-refractivity contribution in [2.24, 2.45) is 0 Å². The average molecular weight is 371 g/mol. The van der Waals surface area contributed by atoms with Gasteiger partial charge in [0.2, 0.25) is 0 Å². The van der Waals surface area contributed by atoms with Crippen LogP contribution in [0.2, 0.25) is 0 Å². The molecule has 144 valence electrons. The zero-order chi connectivity index (χ0) is 19.0. The first-order valence-corrected chi connectivity index (χ1v) is 9.47. The fourth-order valence-electron chi connectivity index (χ4n) is 3.95. The maximum Gasteiger partial charge on any atom is 0.393 e. The van der Waals surface area contributed by atoms with Crippen molar-refractivity contribution < 1.29 is 19.1 Å². The second-order valence-corrected chi connectivity index (χ2v) is 7.43. The average Bonchev–Trinajstić information content (AvgIpc) is 3.35. The summed E-state index contributed by atoms with van der Waals surface area (Å²) in [5.74, 6) is 0. The Hall–Kier alpha value is -2.54. The molecule has 0 radical (unpaired) electrons. The van der Waals surface area contributed by atoms with Crippen molar-refractivity contribution in [1.82, 2.24) is 9.88 Å². The van der Waals surface area contributed by atoms with Crippen LogP contribution >= 0.6 is 0 Å². The van der Waals surface area contributed by atoms with E-state index < -0.39 is 0 Å². The zero-order valence-corrected chi connectivity index (χ0v) is 15.7. The third-order valence-corrected chi connectivity index (χ3v) is 5.38.